The van der Waals surface area contributed by atoms with Gasteiger partial charge in [0.2, 0.25) is 9.84 Å². The molecule has 0 aliphatic carbocycles. The Balaban J connectivity index is 1.51. The average molecular weight is 507 g/mol. The normalized spacial score (nSPS) is 11.7. The Labute approximate surface area is 204 Å². The van der Waals surface area contributed by atoms with E-state index in [4.69, 9.17) is 0 Å². The van der Waals surface area contributed by atoms with E-state index in [9.17, 15) is 21.6 Å². The first kappa shape index (κ1) is 24.3. The number of anilines is 1. The van der Waals surface area contributed by atoms with Crippen molar-refractivity contribution in [2.24, 2.45) is 0 Å². The highest BCUT2D eigenvalue weighted by Crippen LogP contribution is 2.26. The third kappa shape index (κ3) is 5.31. The molecule has 1 N–H and O–H groups in total. The molecule has 0 bridgehead atoms. The third-order valence-corrected chi connectivity index (χ3v) is 8.26. The lowest BCUT2D eigenvalue weighted by Gasteiger charge is -2.09. The van der Waals surface area contributed by atoms with Crippen molar-refractivity contribution in [2.75, 3.05) is 11.6 Å². The Morgan fingerprint density at radius 1 is 0.771 bits per heavy atom. The summed E-state index contributed by atoms with van der Waals surface area (Å²) in [7, 11) is -7.13. The fourth-order valence-corrected chi connectivity index (χ4v) is 5.57. The number of rotatable bonds is 6. The largest absolute Gasteiger partial charge is 0.322 e. The molecule has 1 heterocycles. The second-order valence-electron chi connectivity index (χ2n) is 7.99. The highest BCUT2D eigenvalue weighted by atomic mass is 32.2. The van der Waals surface area contributed by atoms with Crippen molar-refractivity contribution in [1.82, 2.24) is 4.98 Å². The van der Waals surface area contributed by atoms with Crippen molar-refractivity contribution >= 4 is 31.3 Å². The first-order valence-corrected chi connectivity index (χ1v) is 13.9. The second kappa shape index (κ2) is 9.44. The molecule has 9 heteroatoms. The lowest BCUT2D eigenvalue weighted by Crippen LogP contribution is -2.12. The van der Waals surface area contributed by atoms with Crippen LogP contribution >= 0.6 is 0 Å². The number of nitrogens with zero attached hydrogens (tertiary/aromatic N) is 1. The van der Waals surface area contributed by atoms with E-state index >= 15 is 0 Å². The highest BCUT2D eigenvalue weighted by molar-refractivity contribution is 7.91. The Kier molecular flexibility index (Phi) is 6.56. The Hall–Kier alpha value is -3.82. The molecule has 0 saturated carbocycles. The standard InChI is InChI=1S/C26H22N2O5S2/c1-18-5-13-22(14-6-18)35(32,33)23-15-11-21(12-16-23)28-26(29)20-9-7-19(8-10-20)25-24(34(2,30)31)4-3-17-27-25/h3-17H,1-2H3,(H,28,29). The van der Waals surface area contributed by atoms with Gasteiger partial charge in [-0.3, -0.25) is 9.78 Å². The number of aromatic nitrogens is 1. The number of nitrogens with one attached hydrogen (secondary N) is 1. The zero-order chi connectivity index (χ0) is 25.2. The van der Waals surface area contributed by atoms with E-state index in [0.717, 1.165) is 11.8 Å². The Morgan fingerprint density at radius 2 is 1.34 bits per heavy atom. The van der Waals surface area contributed by atoms with Crippen LogP contribution in [0.1, 0.15) is 15.9 Å². The smallest absolute Gasteiger partial charge is 0.255 e. The molecule has 0 aliphatic rings. The zero-order valence-corrected chi connectivity index (χ0v) is 20.6. The number of hydrogen-bond acceptors (Lipinski definition) is 6. The van der Waals surface area contributed by atoms with Gasteiger partial charge < -0.3 is 5.32 Å². The number of hydrogen-bond donors (Lipinski definition) is 1. The van der Waals surface area contributed by atoms with Crippen LogP contribution in [0.25, 0.3) is 11.3 Å². The van der Waals surface area contributed by atoms with Crippen LogP contribution in [0, 0.1) is 6.92 Å². The van der Waals surface area contributed by atoms with Crippen molar-refractivity contribution < 1.29 is 21.6 Å². The molecular formula is C26H22N2O5S2. The fraction of sp³-hybridized carbons (Fsp3) is 0.0769. The van der Waals surface area contributed by atoms with Gasteiger partial charge in [-0.2, -0.15) is 0 Å². The van der Waals surface area contributed by atoms with Crippen molar-refractivity contribution in [2.45, 2.75) is 21.6 Å². The molecule has 0 radical (unpaired) electrons. The van der Waals surface area contributed by atoms with Gasteiger partial charge in [0.05, 0.1) is 20.4 Å². The summed E-state index contributed by atoms with van der Waals surface area (Å²) in [4.78, 5) is 17.3. The van der Waals surface area contributed by atoms with E-state index in [1.54, 1.807) is 54.6 Å². The van der Waals surface area contributed by atoms with E-state index in [-0.39, 0.29) is 14.7 Å². The third-order valence-electron chi connectivity index (χ3n) is 5.34. The van der Waals surface area contributed by atoms with E-state index in [1.165, 1.54) is 36.5 Å². The number of carbonyl (C=O) groups excluding carboxylic acids is 1. The molecule has 4 aromatic rings. The minimum atomic E-state index is -3.66. The summed E-state index contributed by atoms with van der Waals surface area (Å²) in [5.74, 6) is -0.393. The van der Waals surface area contributed by atoms with E-state index < -0.39 is 25.6 Å². The van der Waals surface area contributed by atoms with Crippen LogP contribution in [-0.4, -0.2) is 34.0 Å². The van der Waals surface area contributed by atoms with E-state index in [0.29, 0.717) is 22.5 Å². The minimum Gasteiger partial charge on any atom is -0.322 e. The summed E-state index contributed by atoms with van der Waals surface area (Å²) in [6.07, 6.45) is 2.62. The van der Waals surface area contributed by atoms with Crippen LogP contribution in [-0.2, 0) is 19.7 Å². The van der Waals surface area contributed by atoms with Gasteiger partial charge in [0.25, 0.3) is 5.91 Å². The quantitative estimate of drug-likeness (QED) is 0.411. The number of pyridine rings is 1. The molecule has 0 fully saturated rings. The molecule has 0 saturated heterocycles. The number of sulfone groups is 2. The van der Waals surface area contributed by atoms with Crippen molar-refractivity contribution in [3.8, 4) is 11.3 Å². The maximum Gasteiger partial charge on any atom is 0.255 e. The minimum absolute atomic E-state index is 0.109. The highest BCUT2D eigenvalue weighted by Gasteiger charge is 2.18. The molecule has 0 aliphatic heterocycles. The summed E-state index contributed by atoms with van der Waals surface area (Å²) in [6.45, 7) is 1.88. The van der Waals surface area contributed by atoms with Crippen molar-refractivity contribution in [3.05, 3.63) is 102 Å². The summed E-state index contributed by atoms with van der Waals surface area (Å²) in [6, 6.07) is 22.0. The number of carbonyl (C=O) groups is 1. The van der Waals surface area contributed by atoms with Gasteiger partial charge in [-0.05, 0) is 67.6 Å². The van der Waals surface area contributed by atoms with Crippen LogP contribution in [0.5, 0.6) is 0 Å². The number of aryl methyl sites for hydroxylation is 1. The lowest BCUT2D eigenvalue weighted by atomic mass is 10.1. The van der Waals surface area contributed by atoms with Gasteiger partial charge in [0, 0.05) is 29.3 Å². The maximum absolute atomic E-state index is 12.8. The molecular weight excluding hydrogens is 484 g/mol. The summed E-state index contributed by atoms with van der Waals surface area (Å²) >= 11 is 0. The van der Waals surface area contributed by atoms with Gasteiger partial charge >= 0.3 is 0 Å². The molecule has 35 heavy (non-hydrogen) atoms. The first-order chi connectivity index (χ1) is 16.6. The number of amides is 1. The molecule has 3 aromatic carbocycles. The Morgan fingerprint density at radius 3 is 1.91 bits per heavy atom. The predicted octanol–water partition coefficient (Wildman–Crippen LogP) is 4.55. The first-order valence-electron chi connectivity index (χ1n) is 10.5. The van der Waals surface area contributed by atoms with E-state index in [1.807, 2.05) is 6.92 Å². The van der Waals surface area contributed by atoms with Gasteiger partial charge in [0.15, 0.2) is 9.84 Å². The van der Waals surface area contributed by atoms with E-state index in [2.05, 4.69) is 10.3 Å². The molecule has 0 atom stereocenters. The fourth-order valence-electron chi connectivity index (χ4n) is 3.46. The lowest BCUT2D eigenvalue weighted by molar-refractivity contribution is 0.102. The predicted molar refractivity (Wildman–Crippen MR) is 134 cm³/mol. The Bertz CT molecular complexity index is 1590. The summed E-state index contributed by atoms with van der Waals surface area (Å²) in [5.41, 5.74) is 2.62. The SMILES string of the molecule is Cc1ccc(S(=O)(=O)c2ccc(NC(=O)c3ccc(-c4ncccc4S(C)(=O)=O)cc3)cc2)cc1. The maximum atomic E-state index is 12.8. The van der Waals surface area contributed by atoms with Crippen molar-refractivity contribution in [1.29, 1.82) is 0 Å². The van der Waals surface area contributed by atoms with Gasteiger partial charge in [-0.15, -0.1) is 0 Å². The molecule has 0 unspecified atom stereocenters. The van der Waals surface area contributed by atoms with Crippen LogP contribution < -0.4 is 5.32 Å². The van der Waals surface area contributed by atoms with Gasteiger partial charge in [-0.1, -0.05) is 29.8 Å². The molecule has 178 valence electrons. The molecule has 7 nitrogen and oxygen atoms in total. The summed E-state index contributed by atoms with van der Waals surface area (Å²) < 4.78 is 49.7. The van der Waals surface area contributed by atoms with Crippen LogP contribution in [0.4, 0.5) is 5.69 Å². The second-order valence-corrected chi connectivity index (χ2v) is 11.9. The van der Waals surface area contributed by atoms with Crippen molar-refractivity contribution in [3.63, 3.8) is 0 Å². The molecule has 0 spiro atoms. The molecule has 1 amide bonds. The van der Waals surface area contributed by atoms with Crippen LogP contribution in [0.15, 0.2) is 106 Å². The van der Waals surface area contributed by atoms with Gasteiger partial charge in [0.1, 0.15) is 0 Å². The van der Waals surface area contributed by atoms with Crippen LogP contribution in [0.2, 0.25) is 0 Å². The number of benzene rings is 3. The molecule has 1 aromatic heterocycles. The zero-order valence-electron chi connectivity index (χ0n) is 19.0. The van der Waals surface area contributed by atoms with Crippen LogP contribution in [0.3, 0.4) is 0 Å². The molecule has 4 rings (SSSR count). The van der Waals surface area contributed by atoms with Gasteiger partial charge in [-0.25, -0.2) is 16.8 Å². The summed E-state index contributed by atoms with van der Waals surface area (Å²) in [5, 5.41) is 2.73. The topological polar surface area (TPSA) is 110 Å². The average Bonchev–Trinajstić information content (AvgIpc) is 2.84. The monoisotopic (exact) mass is 506 g/mol.